The molecule has 1 fully saturated rings. The predicted octanol–water partition coefficient (Wildman–Crippen LogP) is 2.72. The molecule has 2 rings (SSSR count). The lowest BCUT2D eigenvalue weighted by atomic mass is 9.81. The van der Waals surface area contributed by atoms with Gasteiger partial charge in [0, 0.05) is 25.8 Å². The Balaban J connectivity index is 1.97. The highest BCUT2D eigenvalue weighted by molar-refractivity contribution is 6.29. The first kappa shape index (κ1) is 13.8. The van der Waals surface area contributed by atoms with Gasteiger partial charge in [0.25, 0.3) is 0 Å². The summed E-state index contributed by atoms with van der Waals surface area (Å²) in [6.07, 6.45) is 3.69. The fourth-order valence-electron chi connectivity index (χ4n) is 2.66. The van der Waals surface area contributed by atoms with Crippen LogP contribution in [0.5, 0.6) is 0 Å². The SMILES string of the molecule is CC[C@H]1CN(Cc2ccc(Cl)nc2)CC[C@@]1(C)O. The van der Waals surface area contributed by atoms with Crippen molar-refractivity contribution in [3.05, 3.63) is 29.0 Å². The summed E-state index contributed by atoms with van der Waals surface area (Å²) < 4.78 is 0. The van der Waals surface area contributed by atoms with E-state index in [0.29, 0.717) is 11.1 Å². The summed E-state index contributed by atoms with van der Waals surface area (Å²) in [7, 11) is 0. The van der Waals surface area contributed by atoms with Crippen LogP contribution in [0.3, 0.4) is 0 Å². The smallest absolute Gasteiger partial charge is 0.129 e. The molecule has 0 aliphatic carbocycles. The summed E-state index contributed by atoms with van der Waals surface area (Å²) in [6.45, 7) is 6.88. The van der Waals surface area contributed by atoms with Crippen LogP contribution in [0.2, 0.25) is 5.15 Å². The number of aliphatic hydroxyl groups is 1. The average Bonchev–Trinajstić information content (AvgIpc) is 2.34. The molecule has 0 bridgehead atoms. The van der Waals surface area contributed by atoms with Gasteiger partial charge in [-0.15, -0.1) is 0 Å². The molecule has 0 saturated carbocycles. The Morgan fingerprint density at radius 2 is 2.33 bits per heavy atom. The van der Waals surface area contributed by atoms with E-state index in [1.54, 1.807) is 0 Å². The molecule has 4 heteroatoms. The zero-order chi connectivity index (χ0) is 13.2. The van der Waals surface area contributed by atoms with Gasteiger partial charge in [-0.25, -0.2) is 4.98 Å². The number of hydrogen-bond acceptors (Lipinski definition) is 3. The van der Waals surface area contributed by atoms with Crippen molar-refractivity contribution in [2.45, 2.75) is 38.8 Å². The number of hydrogen-bond donors (Lipinski definition) is 1. The first-order chi connectivity index (χ1) is 8.51. The minimum Gasteiger partial charge on any atom is -0.390 e. The molecule has 1 aromatic rings. The van der Waals surface area contributed by atoms with Crippen molar-refractivity contribution < 1.29 is 5.11 Å². The molecular formula is C14H21ClN2O. The molecule has 0 aromatic carbocycles. The maximum absolute atomic E-state index is 10.3. The van der Waals surface area contributed by atoms with Gasteiger partial charge in [-0.2, -0.15) is 0 Å². The number of halogens is 1. The second-order valence-electron chi connectivity index (χ2n) is 5.44. The van der Waals surface area contributed by atoms with E-state index in [1.807, 2.05) is 25.3 Å². The van der Waals surface area contributed by atoms with Crippen molar-refractivity contribution in [1.82, 2.24) is 9.88 Å². The number of piperidine rings is 1. The Bertz CT molecular complexity index is 391. The molecule has 2 heterocycles. The number of likely N-dealkylation sites (tertiary alicyclic amines) is 1. The Morgan fingerprint density at radius 1 is 1.56 bits per heavy atom. The molecule has 0 spiro atoms. The maximum Gasteiger partial charge on any atom is 0.129 e. The third-order valence-electron chi connectivity index (χ3n) is 3.98. The van der Waals surface area contributed by atoms with Gasteiger partial charge in [0.05, 0.1) is 5.60 Å². The highest BCUT2D eigenvalue weighted by Gasteiger charge is 2.36. The topological polar surface area (TPSA) is 36.4 Å². The van der Waals surface area contributed by atoms with Gasteiger partial charge in [0.1, 0.15) is 5.15 Å². The van der Waals surface area contributed by atoms with Gasteiger partial charge >= 0.3 is 0 Å². The minimum atomic E-state index is -0.510. The van der Waals surface area contributed by atoms with Gasteiger partial charge in [-0.1, -0.05) is 24.6 Å². The zero-order valence-electron chi connectivity index (χ0n) is 11.1. The molecule has 1 aromatic heterocycles. The molecule has 1 aliphatic heterocycles. The van der Waals surface area contributed by atoms with Crippen LogP contribution >= 0.6 is 11.6 Å². The van der Waals surface area contributed by atoms with Crippen molar-refractivity contribution in [2.24, 2.45) is 5.92 Å². The minimum absolute atomic E-state index is 0.353. The quantitative estimate of drug-likeness (QED) is 0.857. The first-order valence-corrected chi connectivity index (χ1v) is 6.94. The van der Waals surface area contributed by atoms with E-state index in [1.165, 1.54) is 5.56 Å². The summed E-state index contributed by atoms with van der Waals surface area (Å²) in [5.41, 5.74) is 0.666. The monoisotopic (exact) mass is 268 g/mol. The van der Waals surface area contributed by atoms with Gasteiger partial charge in [-0.05, 0) is 37.3 Å². The molecule has 18 heavy (non-hydrogen) atoms. The van der Waals surface area contributed by atoms with E-state index in [0.717, 1.165) is 32.5 Å². The second-order valence-corrected chi connectivity index (χ2v) is 5.82. The molecule has 3 nitrogen and oxygen atoms in total. The van der Waals surface area contributed by atoms with Gasteiger partial charge in [-0.3, -0.25) is 4.90 Å². The Labute approximate surface area is 114 Å². The first-order valence-electron chi connectivity index (χ1n) is 6.56. The largest absolute Gasteiger partial charge is 0.390 e. The third-order valence-corrected chi connectivity index (χ3v) is 4.20. The van der Waals surface area contributed by atoms with Crippen LogP contribution in [0.15, 0.2) is 18.3 Å². The summed E-state index contributed by atoms with van der Waals surface area (Å²) in [6, 6.07) is 3.84. The van der Waals surface area contributed by atoms with Crippen molar-refractivity contribution >= 4 is 11.6 Å². The second kappa shape index (κ2) is 5.55. The molecular weight excluding hydrogens is 248 g/mol. The molecule has 2 atom stereocenters. The lowest BCUT2D eigenvalue weighted by Gasteiger charge is -2.42. The van der Waals surface area contributed by atoms with Crippen LogP contribution < -0.4 is 0 Å². The molecule has 0 unspecified atom stereocenters. The van der Waals surface area contributed by atoms with E-state index in [-0.39, 0.29) is 0 Å². The third kappa shape index (κ3) is 3.22. The van der Waals surface area contributed by atoms with E-state index < -0.39 is 5.60 Å². The number of nitrogens with zero attached hydrogens (tertiary/aromatic N) is 2. The van der Waals surface area contributed by atoms with Crippen molar-refractivity contribution in [2.75, 3.05) is 13.1 Å². The fraction of sp³-hybridized carbons (Fsp3) is 0.643. The Hall–Kier alpha value is -0.640. The maximum atomic E-state index is 10.3. The molecule has 0 radical (unpaired) electrons. The van der Waals surface area contributed by atoms with Crippen molar-refractivity contribution in [3.63, 3.8) is 0 Å². The normalized spacial score (nSPS) is 29.4. The van der Waals surface area contributed by atoms with Crippen molar-refractivity contribution in [3.8, 4) is 0 Å². The van der Waals surface area contributed by atoms with Crippen LogP contribution in [0.1, 0.15) is 32.3 Å². The highest BCUT2D eigenvalue weighted by atomic mass is 35.5. The number of pyridine rings is 1. The van der Waals surface area contributed by atoms with E-state index in [2.05, 4.69) is 16.8 Å². The van der Waals surface area contributed by atoms with Crippen LogP contribution in [0, 0.1) is 5.92 Å². The molecule has 1 saturated heterocycles. The fourth-order valence-corrected chi connectivity index (χ4v) is 2.77. The molecule has 1 aliphatic rings. The Morgan fingerprint density at radius 3 is 2.94 bits per heavy atom. The van der Waals surface area contributed by atoms with Gasteiger partial charge in [0.2, 0.25) is 0 Å². The van der Waals surface area contributed by atoms with E-state index in [4.69, 9.17) is 11.6 Å². The van der Waals surface area contributed by atoms with Gasteiger partial charge < -0.3 is 5.11 Å². The van der Waals surface area contributed by atoms with Crippen LogP contribution in [0.25, 0.3) is 0 Å². The lowest BCUT2D eigenvalue weighted by Crippen LogP contribution is -2.49. The van der Waals surface area contributed by atoms with E-state index >= 15 is 0 Å². The van der Waals surface area contributed by atoms with Crippen LogP contribution in [-0.4, -0.2) is 33.7 Å². The average molecular weight is 269 g/mol. The number of rotatable bonds is 3. The summed E-state index contributed by atoms with van der Waals surface area (Å²) >= 11 is 5.78. The summed E-state index contributed by atoms with van der Waals surface area (Å²) in [5, 5.41) is 10.8. The molecule has 0 amide bonds. The van der Waals surface area contributed by atoms with Crippen LogP contribution in [-0.2, 0) is 6.54 Å². The molecule has 100 valence electrons. The summed E-state index contributed by atoms with van der Waals surface area (Å²) in [5.74, 6) is 0.353. The van der Waals surface area contributed by atoms with Crippen molar-refractivity contribution in [1.29, 1.82) is 0 Å². The standard InChI is InChI=1S/C14H21ClN2O/c1-3-12-10-17(7-6-14(12,2)18)9-11-4-5-13(15)16-8-11/h4-5,8,12,18H,3,6-7,9-10H2,1-2H3/t12-,14+/m0/s1. The number of aromatic nitrogens is 1. The Kier molecular flexibility index (Phi) is 4.25. The highest BCUT2D eigenvalue weighted by Crippen LogP contribution is 2.30. The van der Waals surface area contributed by atoms with Crippen LogP contribution in [0.4, 0.5) is 0 Å². The zero-order valence-corrected chi connectivity index (χ0v) is 11.8. The summed E-state index contributed by atoms with van der Waals surface area (Å²) in [4.78, 5) is 6.49. The van der Waals surface area contributed by atoms with Gasteiger partial charge in [0.15, 0.2) is 0 Å². The molecule has 1 N–H and O–H groups in total. The predicted molar refractivity (Wildman–Crippen MR) is 73.5 cm³/mol. The van der Waals surface area contributed by atoms with E-state index in [9.17, 15) is 5.11 Å². The lowest BCUT2D eigenvalue weighted by molar-refractivity contribution is -0.0608.